The van der Waals surface area contributed by atoms with Crippen molar-refractivity contribution >= 4 is 5.91 Å². The molecule has 22 heavy (non-hydrogen) atoms. The highest BCUT2D eigenvalue weighted by atomic mass is 16.1. The van der Waals surface area contributed by atoms with Crippen LogP contribution in [-0.2, 0) is 6.54 Å². The van der Waals surface area contributed by atoms with Crippen molar-refractivity contribution in [3.8, 4) is 0 Å². The zero-order chi connectivity index (χ0) is 15.4. The van der Waals surface area contributed by atoms with Gasteiger partial charge in [-0.2, -0.15) is 5.10 Å². The quantitative estimate of drug-likeness (QED) is 0.896. The summed E-state index contributed by atoms with van der Waals surface area (Å²) in [6.45, 7) is 4.38. The first kappa shape index (κ1) is 14.7. The van der Waals surface area contributed by atoms with E-state index in [4.69, 9.17) is 0 Å². The maximum atomic E-state index is 12.2. The highest BCUT2D eigenvalue weighted by molar-refractivity contribution is 5.92. The maximum Gasteiger partial charge on any atom is 0.272 e. The molecule has 3 heterocycles. The van der Waals surface area contributed by atoms with Crippen LogP contribution in [0.4, 0.5) is 0 Å². The number of hydrogen-bond acceptors (Lipinski definition) is 4. The number of carbonyl (C=O) groups is 1. The Morgan fingerprint density at radius 3 is 3.18 bits per heavy atom. The van der Waals surface area contributed by atoms with Crippen LogP contribution in [0.5, 0.6) is 0 Å². The number of nitrogens with one attached hydrogen (secondary N) is 2. The van der Waals surface area contributed by atoms with E-state index >= 15 is 0 Å². The number of aryl methyl sites for hydroxylation is 1. The molecule has 1 atom stereocenters. The van der Waals surface area contributed by atoms with Gasteiger partial charge in [0.1, 0.15) is 5.69 Å². The molecule has 2 aromatic rings. The van der Waals surface area contributed by atoms with Crippen molar-refractivity contribution in [2.75, 3.05) is 13.1 Å². The molecular formula is C16H21N5O. The summed E-state index contributed by atoms with van der Waals surface area (Å²) in [5.41, 5.74) is 2.42. The molecule has 1 amide bonds. The van der Waals surface area contributed by atoms with Crippen LogP contribution in [0.2, 0.25) is 0 Å². The molecule has 0 bridgehead atoms. The van der Waals surface area contributed by atoms with Crippen LogP contribution in [0, 0.1) is 6.92 Å². The second-order valence-corrected chi connectivity index (χ2v) is 5.61. The normalized spacial score (nSPS) is 18.1. The number of nitrogens with zero attached hydrogens (tertiary/aromatic N) is 3. The Kier molecular flexibility index (Phi) is 4.48. The average Bonchev–Trinajstić information content (AvgIpc) is 3.05. The van der Waals surface area contributed by atoms with Crippen molar-refractivity contribution in [1.82, 2.24) is 25.4 Å². The van der Waals surface area contributed by atoms with Gasteiger partial charge in [0.15, 0.2) is 0 Å². The second-order valence-electron chi connectivity index (χ2n) is 5.61. The van der Waals surface area contributed by atoms with Crippen LogP contribution in [0.15, 0.2) is 30.6 Å². The van der Waals surface area contributed by atoms with E-state index in [0.717, 1.165) is 37.2 Å². The van der Waals surface area contributed by atoms with Gasteiger partial charge in [-0.15, -0.1) is 0 Å². The molecule has 0 saturated carbocycles. The van der Waals surface area contributed by atoms with Gasteiger partial charge in [0.25, 0.3) is 5.91 Å². The van der Waals surface area contributed by atoms with Crippen molar-refractivity contribution in [1.29, 1.82) is 0 Å². The Morgan fingerprint density at radius 1 is 1.50 bits per heavy atom. The van der Waals surface area contributed by atoms with Gasteiger partial charge in [-0.1, -0.05) is 6.07 Å². The summed E-state index contributed by atoms with van der Waals surface area (Å²) < 4.78 is 1.90. The highest BCUT2D eigenvalue weighted by Crippen LogP contribution is 2.15. The molecule has 1 aliphatic heterocycles. The van der Waals surface area contributed by atoms with E-state index in [9.17, 15) is 4.79 Å². The molecule has 2 aromatic heterocycles. The molecule has 1 aliphatic rings. The summed E-state index contributed by atoms with van der Waals surface area (Å²) in [4.78, 5) is 16.4. The molecule has 6 heteroatoms. The third kappa shape index (κ3) is 3.33. The number of carbonyl (C=O) groups excluding carboxylic acids is 1. The Labute approximate surface area is 129 Å². The van der Waals surface area contributed by atoms with E-state index in [-0.39, 0.29) is 5.91 Å². The predicted octanol–water partition coefficient (Wildman–Crippen LogP) is 1.44. The summed E-state index contributed by atoms with van der Waals surface area (Å²) >= 11 is 0. The van der Waals surface area contributed by atoms with Crippen LogP contribution >= 0.6 is 0 Å². The lowest BCUT2D eigenvalue weighted by Crippen LogP contribution is -2.32. The van der Waals surface area contributed by atoms with Crippen LogP contribution in [-0.4, -0.2) is 33.8 Å². The van der Waals surface area contributed by atoms with Crippen LogP contribution in [0.3, 0.4) is 0 Å². The van der Waals surface area contributed by atoms with Crippen molar-refractivity contribution in [3.05, 3.63) is 47.5 Å². The Bertz CT molecular complexity index is 645. The summed E-state index contributed by atoms with van der Waals surface area (Å²) in [5.74, 6) is -0.147. The molecule has 0 aromatic carbocycles. The van der Waals surface area contributed by atoms with Gasteiger partial charge >= 0.3 is 0 Å². The van der Waals surface area contributed by atoms with Gasteiger partial charge in [0.05, 0.1) is 6.04 Å². The molecule has 1 unspecified atom stereocenters. The molecule has 116 valence electrons. The van der Waals surface area contributed by atoms with E-state index in [1.165, 1.54) is 0 Å². The summed E-state index contributed by atoms with van der Waals surface area (Å²) in [7, 11) is 0. The predicted molar refractivity (Wildman–Crippen MR) is 83.5 cm³/mol. The van der Waals surface area contributed by atoms with Gasteiger partial charge in [-0.05, 0) is 44.0 Å². The Balaban J connectivity index is 1.61. The van der Waals surface area contributed by atoms with Crippen molar-refractivity contribution in [3.63, 3.8) is 0 Å². The molecule has 0 aliphatic carbocycles. The van der Waals surface area contributed by atoms with E-state index in [2.05, 4.69) is 20.7 Å². The fourth-order valence-electron chi connectivity index (χ4n) is 2.69. The molecule has 0 spiro atoms. The zero-order valence-corrected chi connectivity index (χ0v) is 12.7. The van der Waals surface area contributed by atoms with E-state index < -0.39 is 0 Å². The molecular weight excluding hydrogens is 278 g/mol. The van der Waals surface area contributed by atoms with E-state index in [1.54, 1.807) is 12.3 Å². The largest absolute Gasteiger partial charge is 0.346 e. The van der Waals surface area contributed by atoms with Crippen molar-refractivity contribution < 1.29 is 4.79 Å². The lowest BCUT2D eigenvalue weighted by Gasteiger charge is -2.22. The zero-order valence-electron chi connectivity index (χ0n) is 12.7. The lowest BCUT2D eigenvalue weighted by molar-refractivity contribution is 0.0944. The van der Waals surface area contributed by atoms with Gasteiger partial charge < -0.3 is 10.6 Å². The number of amides is 1. The summed E-state index contributed by atoms with van der Waals surface area (Å²) in [5, 5.41) is 10.7. The molecule has 6 nitrogen and oxygen atoms in total. The van der Waals surface area contributed by atoms with Crippen LogP contribution < -0.4 is 10.6 Å². The number of hydrogen-bond donors (Lipinski definition) is 2. The smallest absolute Gasteiger partial charge is 0.272 e. The first-order valence-corrected chi connectivity index (χ1v) is 7.68. The molecule has 2 N–H and O–H groups in total. The highest BCUT2D eigenvalue weighted by Gasteiger charge is 2.17. The number of aromatic nitrogens is 3. The summed E-state index contributed by atoms with van der Waals surface area (Å²) in [6.07, 6.45) is 5.89. The number of piperidine rings is 1. The SMILES string of the molecule is Cc1ncccc1CNC(=O)c1ccn(C2CCCNC2)n1. The first-order valence-electron chi connectivity index (χ1n) is 7.68. The summed E-state index contributed by atoms with van der Waals surface area (Å²) in [6, 6.07) is 5.96. The van der Waals surface area contributed by atoms with Crippen LogP contribution in [0.1, 0.15) is 40.6 Å². The number of rotatable bonds is 4. The van der Waals surface area contributed by atoms with Gasteiger partial charge in [-0.3, -0.25) is 14.5 Å². The topological polar surface area (TPSA) is 71.8 Å². The second kappa shape index (κ2) is 6.70. The van der Waals surface area contributed by atoms with Crippen LogP contribution in [0.25, 0.3) is 0 Å². The molecule has 1 fully saturated rings. The third-order valence-electron chi connectivity index (χ3n) is 4.04. The van der Waals surface area contributed by atoms with Gasteiger partial charge in [-0.25, -0.2) is 0 Å². The monoisotopic (exact) mass is 299 g/mol. The fraction of sp³-hybridized carbons (Fsp3) is 0.438. The Hall–Kier alpha value is -2.21. The first-order chi connectivity index (χ1) is 10.7. The average molecular weight is 299 g/mol. The molecule has 0 radical (unpaired) electrons. The standard InChI is InChI=1S/C16H21N5O/c1-12-13(4-2-8-18-12)10-19-16(22)15-6-9-21(20-15)14-5-3-7-17-11-14/h2,4,6,8-9,14,17H,3,5,7,10-11H2,1H3,(H,19,22). The van der Waals surface area contributed by atoms with Gasteiger partial charge in [0, 0.05) is 31.2 Å². The maximum absolute atomic E-state index is 12.2. The minimum Gasteiger partial charge on any atom is -0.346 e. The van der Waals surface area contributed by atoms with E-state index in [0.29, 0.717) is 18.3 Å². The van der Waals surface area contributed by atoms with E-state index in [1.807, 2.05) is 29.9 Å². The fourth-order valence-corrected chi connectivity index (χ4v) is 2.69. The molecule has 1 saturated heterocycles. The minimum absolute atomic E-state index is 0.147. The molecule has 3 rings (SSSR count). The van der Waals surface area contributed by atoms with Crippen molar-refractivity contribution in [2.45, 2.75) is 32.4 Å². The lowest BCUT2D eigenvalue weighted by atomic mass is 10.1. The Morgan fingerprint density at radius 2 is 2.41 bits per heavy atom. The third-order valence-corrected chi connectivity index (χ3v) is 4.04. The van der Waals surface area contributed by atoms with Crippen molar-refractivity contribution in [2.24, 2.45) is 0 Å². The number of pyridine rings is 1. The minimum atomic E-state index is -0.147. The van der Waals surface area contributed by atoms with Gasteiger partial charge in [0.2, 0.25) is 0 Å².